The van der Waals surface area contributed by atoms with Crippen molar-refractivity contribution in [2.45, 2.75) is 20.3 Å². The Morgan fingerprint density at radius 1 is 1.30 bits per heavy atom. The van der Waals surface area contributed by atoms with Crippen LogP contribution in [0.15, 0.2) is 30.7 Å². The molecule has 0 radical (unpaired) electrons. The molecule has 3 aromatic rings. The molecule has 0 saturated carbocycles. The van der Waals surface area contributed by atoms with E-state index >= 15 is 0 Å². The maximum atomic E-state index is 12.9. The lowest BCUT2D eigenvalue weighted by molar-refractivity contribution is -0.124. The van der Waals surface area contributed by atoms with Gasteiger partial charge in [0.1, 0.15) is 21.4 Å². The zero-order valence-electron chi connectivity index (χ0n) is 17.3. The van der Waals surface area contributed by atoms with Crippen LogP contribution < -0.4 is 15.5 Å². The van der Waals surface area contributed by atoms with Crippen molar-refractivity contribution in [2.75, 3.05) is 29.1 Å². The van der Waals surface area contributed by atoms with E-state index in [-0.39, 0.29) is 11.8 Å². The van der Waals surface area contributed by atoms with Crippen LogP contribution in [0.1, 0.15) is 29.9 Å². The van der Waals surface area contributed by atoms with E-state index in [9.17, 15) is 9.59 Å². The van der Waals surface area contributed by atoms with Crippen LogP contribution >= 0.6 is 11.3 Å². The van der Waals surface area contributed by atoms with E-state index in [2.05, 4.69) is 25.7 Å². The molecular formula is C20H23N7O2S. The lowest BCUT2D eigenvalue weighted by atomic mass is 9.92. The van der Waals surface area contributed by atoms with Crippen LogP contribution in [-0.2, 0) is 11.8 Å². The second-order valence-electron chi connectivity index (χ2n) is 7.79. The van der Waals surface area contributed by atoms with Gasteiger partial charge in [-0.1, -0.05) is 13.8 Å². The van der Waals surface area contributed by atoms with Gasteiger partial charge in [0.25, 0.3) is 5.91 Å². The van der Waals surface area contributed by atoms with Crippen LogP contribution in [0, 0.1) is 5.41 Å². The molecule has 1 aliphatic heterocycles. The van der Waals surface area contributed by atoms with Crippen LogP contribution in [0.2, 0.25) is 0 Å². The molecule has 1 aliphatic rings. The summed E-state index contributed by atoms with van der Waals surface area (Å²) in [4.78, 5) is 36.2. The Bertz CT molecular complexity index is 1120. The Balaban J connectivity index is 1.56. The van der Waals surface area contributed by atoms with Crippen LogP contribution in [0.25, 0.3) is 10.6 Å². The summed E-state index contributed by atoms with van der Waals surface area (Å²) in [6, 6.07) is 3.72. The highest BCUT2D eigenvalue weighted by Crippen LogP contribution is 2.36. The molecule has 4 heterocycles. The minimum absolute atomic E-state index is 0.00907. The summed E-state index contributed by atoms with van der Waals surface area (Å²) in [5, 5.41) is 11.0. The van der Waals surface area contributed by atoms with Crippen LogP contribution in [0.4, 0.5) is 17.3 Å². The largest absolute Gasteiger partial charge is 0.373 e. The first-order chi connectivity index (χ1) is 14.3. The molecule has 1 saturated heterocycles. The summed E-state index contributed by atoms with van der Waals surface area (Å²) in [6.45, 7) is 4.42. The monoisotopic (exact) mass is 425 g/mol. The average Bonchev–Trinajstić information content (AvgIpc) is 3.41. The number of nitrogens with one attached hydrogen (secondary N) is 2. The lowest BCUT2D eigenvalue weighted by Gasteiger charge is -2.18. The third-order valence-corrected chi connectivity index (χ3v) is 6.14. The quantitative estimate of drug-likeness (QED) is 0.651. The first kappa shape index (κ1) is 20.0. The minimum atomic E-state index is -0.428. The molecule has 2 N–H and O–H groups in total. The standard InChI is InChI=1S/C20H23N7O2S/c1-20(2)6-8-27(19(20)29)16-13(11-26(4)25-16)24-17(28)14-10-23-18(30-14)12-5-7-22-15(9-12)21-3/h5,7,9-11H,6,8H2,1-4H3,(H,21,22)(H,24,28). The van der Waals surface area contributed by atoms with E-state index in [1.165, 1.54) is 11.3 Å². The SMILES string of the molecule is CNc1cc(-c2ncc(C(=O)Nc3cn(C)nc3N3CCC(C)(C)C3=O)s2)ccn1. The molecule has 10 heteroatoms. The second-order valence-corrected chi connectivity index (χ2v) is 8.82. The van der Waals surface area contributed by atoms with Crippen LogP contribution in [0.5, 0.6) is 0 Å². The van der Waals surface area contributed by atoms with Gasteiger partial charge in [0.05, 0.1) is 12.4 Å². The molecule has 0 aromatic carbocycles. The molecule has 0 unspecified atom stereocenters. The number of rotatable bonds is 5. The fraction of sp³-hybridized carbons (Fsp3) is 0.350. The summed E-state index contributed by atoms with van der Waals surface area (Å²) < 4.78 is 1.60. The topological polar surface area (TPSA) is 105 Å². The summed E-state index contributed by atoms with van der Waals surface area (Å²) in [5.41, 5.74) is 0.956. The molecule has 3 aromatic heterocycles. The van der Waals surface area contributed by atoms with Gasteiger partial charge < -0.3 is 10.6 Å². The summed E-state index contributed by atoms with van der Waals surface area (Å²) >= 11 is 1.29. The number of nitrogens with zero attached hydrogens (tertiary/aromatic N) is 5. The Hall–Kier alpha value is -3.27. The maximum absolute atomic E-state index is 12.9. The Morgan fingerprint density at radius 3 is 2.80 bits per heavy atom. The Labute approximate surface area is 178 Å². The molecule has 0 atom stereocenters. The van der Waals surface area contributed by atoms with E-state index < -0.39 is 5.41 Å². The molecule has 2 amide bonds. The molecule has 0 bridgehead atoms. The molecule has 1 fully saturated rings. The third kappa shape index (κ3) is 3.65. The van der Waals surface area contributed by atoms with Crippen molar-refractivity contribution in [3.05, 3.63) is 35.6 Å². The van der Waals surface area contributed by atoms with E-state index in [1.807, 2.05) is 26.0 Å². The van der Waals surface area contributed by atoms with Gasteiger partial charge in [0.15, 0.2) is 5.82 Å². The van der Waals surface area contributed by atoms with E-state index in [0.29, 0.717) is 22.9 Å². The number of aryl methyl sites for hydroxylation is 1. The van der Waals surface area contributed by atoms with Crippen molar-refractivity contribution in [1.29, 1.82) is 0 Å². The van der Waals surface area contributed by atoms with Crippen molar-refractivity contribution in [3.63, 3.8) is 0 Å². The Morgan fingerprint density at radius 2 is 2.10 bits per heavy atom. The minimum Gasteiger partial charge on any atom is -0.373 e. The molecule has 0 aliphatic carbocycles. The molecular weight excluding hydrogens is 402 g/mol. The van der Waals surface area contributed by atoms with Crippen molar-refractivity contribution >= 4 is 40.5 Å². The fourth-order valence-corrected chi connectivity index (χ4v) is 4.14. The highest BCUT2D eigenvalue weighted by atomic mass is 32.1. The van der Waals surface area contributed by atoms with Crippen molar-refractivity contribution < 1.29 is 9.59 Å². The number of carbonyl (C=O) groups excluding carboxylic acids is 2. The van der Waals surface area contributed by atoms with Gasteiger partial charge in [-0.15, -0.1) is 11.3 Å². The van der Waals surface area contributed by atoms with Crippen molar-refractivity contribution in [2.24, 2.45) is 12.5 Å². The molecule has 30 heavy (non-hydrogen) atoms. The molecule has 0 spiro atoms. The average molecular weight is 426 g/mol. The third-order valence-electron chi connectivity index (χ3n) is 5.09. The van der Waals surface area contributed by atoms with Crippen molar-refractivity contribution in [1.82, 2.24) is 19.7 Å². The fourth-order valence-electron chi connectivity index (χ4n) is 3.33. The van der Waals surface area contributed by atoms with Gasteiger partial charge >= 0.3 is 0 Å². The zero-order valence-corrected chi connectivity index (χ0v) is 18.1. The number of hydrogen-bond acceptors (Lipinski definition) is 7. The van der Waals surface area contributed by atoms with Gasteiger partial charge in [0.2, 0.25) is 5.91 Å². The number of amides is 2. The summed E-state index contributed by atoms with van der Waals surface area (Å²) in [6.07, 6.45) is 5.69. The molecule has 9 nitrogen and oxygen atoms in total. The number of anilines is 3. The van der Waals surface area contributed by atoms with Gasteiger partial charge in [-0.3, -0.25) is 19.2 Å². The first-order valence-electron chi connectivity index (χ1n) is 9.55. The maximum Gasteiger partial charge on any atom is 0.267 e. The highest BCUT2D eigenvalue weighted by molar-refractivity contribution is 7.17. The van der Waals surface area contributed by atoms with Gasteiger partial charge in [0, 0.05) is 37.8 Å². The normalized spacial score (nSPS) is 15.5. The smallest absolute Gasteiger partial charge is 0.267 e. The summed E-state index contributed by atoms with van der Waals surface area (Å²) in [5.74, 6) is 0.919. The number of hydrogen-bond donors (Lipinski definition) is 2. The number of thiazole rings is 1. The molecule has 156 valence electrons. The predicted molar refractivity (Wildman–Crippen MR) is 117 cm³/mol. The van der Waals surface area contributed by atoms with Gasteiger partial charge in [-0.25, -0.2) is 9.97 Å². The Kier molecular flexibility index (Phi) is 5.02. The zero-order chi connectivity index (χ0) is 21.5. The number of pyridine rings is 1. The van der Waals surface area contributed by atoms with Crippen LogP contribution in [-0.4, -0.2) is 45.2 Å². The van der Waals surface area contributed by atoms with Crippen LogP contribution in [0.3, 0.4) is 0 Å². The number of aromatic nitrogens is 4. The second kappa shape index (κ2) is 7.52. The highest BCUT2D eigenvalue weighted by Gasteiger charge is 2.41. The lowest BCUT2D eigenvalue weighted by Crippen LogP contribution is -2.31. The predicted octanol–water partition coefficient (Wildman–Crippen LogP) is 3.00. The van der Waals surface area contributed by atoms with Gasteiger partial charge in [-0.2, -0.15) is 5.10 Å². The first-order valence-corrected chi connectivity index (χ1v) is 10.4. The van der Waals surface area contributed by atoms with Gasteiger partial charge in [-0.05, 0) is 18.6 Å². The van der Waals surface area contributed by atoms with E-state index in [1.54, 1.807) is 42.3 Å². The molecule has 4 rings (SSSR count). The van der Waals surface area contributed by atoms with E-state index in [4.69, 9.17) is 0 Å². The summed E-state index contributed by atoms with van der Waals surface area (Å²) in [7, 11) is 3.56. The number of carbonyl (C=O) groups is 2. The van der Waals surface area contributed by atoms with E-state index in [0.717, 1.165) is 22.8 Å². The van der Waals surface area contributed by atoms with Crippen molar-refractivity contribution in [3.8, 4) is 10.6 Å².